The molecule has 1 fully saturated rings. The van der Waals surface area contributed by atoms with E-state index >= 15 is 0 Å². The molecule has 0 saturated heterocycles. The third-order valence-corrected chi connectivity index (χ3v) is 5.95. The second kappa shape index (κ2) is 4.98. The van der Waals surface area contributed by atoms with Crippen molar-refractivity contribution in [3.63, 3.8) is 0 Å². The van der Waals surface area contributed by atoms with Crippen LogP contribution in [0.4, 0.5) is 0 Å². The summed E-state index contributed by atoms with van der Waals surface area (Å²) in [5.41, 5.74) is 0.380. The predicted molar refractivity (Wildman–Crippen MR) is 63.9 cm³/mol. The molecule has 1 aliphatic rings. The van der Waals surface area contributed by atoms with Crippen molar-refractivity contribution < 1.29 is 0 Å². The summed E-state index contributed by atoms with van der Waals surface area (Å²) in [5, 5.41) is 9.18. The van der Waals surface area contributed by atoms with Crippen LogP contribution >= 0.6 is 0 Å². The van der Waals surface area contributed by atoms with E-state index < -0.39 is 8.07 Å². The lowest BCUT2D eigenvalue weighted by atomic mass is 9.86. The number of hydrogen-bond donors (Lipinski definition) is 0. The molecular weight excluding hydrogens is 186 g/mol. The van der Waals surface area contributed by atoms with Crippen LogP contribution in [-0.4, -0.2) is 8.07 Å². The fourth-order valence-electron chi connectivity index (χ4n) is 2.36. The monoisotopic (exact) mass is 209 g/mol. The van der Waals surface area contributed by atoms with Gasteiger partial charge in [-0.3, -0.25) is 0 Å². The molecule has 0 amide bonds. The summed E-state index contributed by atoms with van der Waals surface area (Å²) in [6.07, 6.45) is 8.15. The lowest BCUT2D eigenvalue weighted by Crippen LogP contribution is -2.29. The Bertz CT molecular complexity index is 205. The van der Waals surface area contributed by atoms with Crippen molar-refractivity contribution in [3.8, 4) is 6.07 Å². The summed E-state index contributed by atoms with van der Waals surface area (Å²) in [6, 6.07) is 2.55. The maximum atomic E-state index is 9.18. The summed E-state index contributed by atoms with van der Waals surface area (Å²) in [4.78, 5) is 0. The molecule has 0 aromatic rings. The van der Waals surface area contributed by atoms with Crippen molar-refractivity contribution in [1.82, 2.24) is 0 Å². The van der Waals surface area contributed by atoms with Crippen molar-refractivity contribution in [3.05, 3.63) is 0 Å². The molecule has 1 aliphatic carbocycles. The van der Waals surface area contributed by atoms with Gasteiger partial charge >= 0.3 is 0 Å². The first-order chi connectivity index (χ1) is 6.54. The van der Waals surface area contributed by atoms with Crippen LogP contribution in [0.5, 0.6) is 0 Å². The third kappa shape index (κ3) is 3.46. The molecule has 0 aromatic heterocycles. The molecule has 1 saturated carbocycles. The summed E-state index contributed by atoms with van der Waals surface area (Å²) in [7, 11) is -1.23. The third-order valence-electron chi connectivity index (χ3n) is 3.50. The predicted octanol–water partition coefficient (Wildman–Crippen LogP) is 4.19. The number of nitrogens with zero attached hydrogens (tertiary/aromatic N) is 1. The van der Waals surface area contributed by atoms with E-state index in [4.69, 9.17) is 0 Å². The van der Waals surface area contributed by atoms with E-state index in [1.165, 1.54) is 38.5 Å². The minimum absolute atomic E-state index is 0.380. The van der Waals surface area contributed by atoms with Crippen molar-refractivity contribution in [2.45, 2.75) is 63.7 Å². The number of rotatable bonds is 3. The summed E-state index contributed by atoms with van der Waals surface area (Å²) in [5.74, 6) is 0.861. The Morgan fingerprint density at radius 1 is 1.21 bits per heavy atom. The van der Waals surface area contributed by atoms with Crippen LogP contribution in [0.1, 0.15) is 38.5 Å². The Morgan fingerprint density at radius 3 is 2.21 bits per heavy atom. The lowest BCUT2D eigenvalue weighted by Gasteiger charge is -2.29. The van der Waals surface area contributed by atoms with E-state index in [1.54, 1.807) is 0 Å². The Morgan fingerprint density at radius 2 is 1.79 bits per heavy atom. The van der Waals surface area contributed by atoms with Gasteiger partial charge in [-0.25, -0.2) is 0 Å². The van der Waals surface area contributed by atoms with Crippen molar-refractivity contribution in [2.75, 3.05) is 0 Å². The maximum absolute atomic E-state index is 9.18. The van der Waals surface area contributed by atoms with E-state index in [2.05, 4.69) is 25.7 Å². The van der Waals surface area contributed by atoms with Crippen LogP contribution < -0.4 is 0 Å². The van der Waals surface area contributed by atoms with Gasteiger partial charge in [-0.15, -0.1) is 0 Å². The van der Waals surface area contributed by atoms with Gasteiger partial charge in [0.25, 0.3) is 0 Å². The fourth-order valence-corrected chi connectivity index (χ4v) is 3.78. The summed E-state index contributed by atoms with van der Waals surface area (Å²) < 4.78 is 0. The smallest absolute Gasteiger partial charge is 0.0640 e. The van der Waals surface area contributed by atoms with Crippen LogP contribution in [0.15, 0.2) is 0 Å². The minimum Gasteiger partial charge on any atom is -0.198 e. The zero-order valence-corrected chi connectivity index (χ0v) is 10.8. The Hall–Kier alpha value is -0.293. The Balaban J connectivity index is 2.44. The molecule has 0 radical (unpaired) electrons. The molecule has 80 valence electrons. The van der Waals surface area contributed by atoms with Gasteiger partial charge in [-0.05, 0) is 12.3 Å². The SMILES string of the molecule is C[Si](C)(C)C(C#N)CC1CCCCC1. The van der Waals surface area contributed by atoms with Gasteiger partial charge in [0.2, 0.25) is 0 Å². The van der Waals surface area contributed by atoms with Crippen LogP contribution in [0.25, 0.3) is 0 Å². The first kappa shape index (κ1) is 11.8. The highest BCUT2D eigenvalue weighted by molar-refractivity contribution is 6.78. The Labute approximate surface area is 89.5 Å². The summed E-state index contributed by atoms with van der Waals surface area (Å²) in [6.45, 7) is 6.97. The number of hydrogen-bond acceptors (Lipinski definition) is 1. The molecule has 0 bridgehead atoms. The minimum atomic E-state index is -1.23. The van der Waals surface area contributed by atoms with E-state index in [0.717, 1.165) is 5.92 Å². The van der Waals surface area contributed by atoms with Gasteiger partial charge in [-0.1, -0.05) is 51.7 Å². The second-order valence-electron chi connectivity index (χ2n) is 5.79. The van der Waals surface area contributed by atoms with Gasteiger partial charge in [0.15, 0.2) is 0 Å². The van der Waals surface area contributed by atoms with Gasteiger partial charge in [0, 0.05) is 5.54 Å². The maximum Gasteiger partial charge on any atom is 0.0640 e. The molecule has 2 heteroatoms. The van der Waals surface area contributed by atoms with E-state index in [0.29, 0.717) is 5.54 Å². The molecule has 1 rings (SSSR count). The zero-order valence-electron chi connectivity index (χ0n) is 9.84. The van der Waals surface area contributed by atoms with Crippen molar-refractivity contribution in [1.29, 1.82) is 5.26 Å². The largest absolute Gasteiger partial charge is 0.198 e. The van der Waals surface area contributed by atoms with Gasteiger partial charge < -0.3 is 0 Å². The zero-order chi connectivity index (χ0) is 10.6. The molecule has 0 aromatic carbocycles. The normalized spacial score (nSPS) is 21.6. The van der Waals surface area contributed by atoms with Gasteiger partial charge in [0.05, 0.1) is 14.1 Å². The van der Waals surface area contributed by atoms with Crippen LogP contribution in [0.3, 0.4) is 0 Å². The molecule has 0 N–H and O–H groups in total. The molecule has 1 unspecified atom stereocenters. The molecule has 0 heterocycles. The average Bonchev–Trinajstić information content (AvgIpc) is 2.14. The molecular formula is C12H23NSi. The van der Waals surface area contributed by atoms with E-state index in [9.17, 15) is 5.26 Å². The first-order valence-electron chi connectivity index (χ1n) is 5.93. The van der Waals surface area contributed by atoms with Crippen LogP contribution in [0.2, 0.25) is 25.2 Å². The quantitative estimate of drug-likeness (QED) is 0.639. The number of nitriles is 1. The fraction of sp³-hybridized carbons (Fsp3) is 0.917. The Kier molecular flexibility index (Phi) is 4.19. The molecule has 0 spiro atoms. The average molecular weight is 209 g/mol. The van der Waals surface area contributed by atoms with Crippen molar-refractivity contribution in [2.24, 2.45) is 5.92 Å². The second-order valence-corrected chi connectivity index (χ2v) is 11.2. The highest BCUT2D eigenvalue weighted by atomic mass is 28.3. The van der Waals surface area contributed by atoms with Crippen LogP contribution in [0, 0.1) is 17.2 Å². The van der Waals surface area contributed by atoms with Crippen molar-refractivity contribution >= 4 is 8.07 Å². The van der Waals surface area contributed by atoms with E-state index in [-0.39, 0.29) is 0 Å². The standard InChI is InChI=1S/C12H23NSi/c1-14(2,3)12(10-13)9-11-7-5-4-6-8-11/h11-12H,4-9H2,1-3H3. The lowest BCUT2D eigenvalue weighted by molar-refractivity contribution is 0.340. The molecule has 0 aliphatic heterocycles. The van der Waals surface area contributed by atoms with Gasteiger partial charge in [-0.2, -0.15) is 5.26 Å². The van der Waals surface area contributed by atoms with Crippen LogP contribution in [-0.2, 0) is 0 Å². The molecule has 1 nitrogen and oxygen atoms in total. The highest BCUT2D eigenvalue weighted by Gasteiger charge is 2.29. The molecule has 1 atom stereocenters. The molecule has 14 heavy (non-hydrogen) atoms. The highest BCUT2D eigenvalue weighted by Crippen LogP contribution is 2.35. The topological polar surface area (TPSA) is 23.8 Å². The van der Waals surface area contributed by atoms with E-state index in [1.807, 2.05) is 0 Å². The first-order valence-corrected chi connectivity index (χ1v) is 9.51. The van der Waals surface area contributed by atoms with Gasteiger partial charge in [0.1, 0.15) is 0 Å². The summed E-state index contributed by atoms with van der Waals surface area (Å²) >= 11 is 0.